The maximum absolute atomic E-state index is 9.13. The van der Waals surface area contributed by atoms with E-state index in [0.717, 1.165) is 3.93 Å². The molecule has 1 aliphatic rings. The molecular formula is C8H15ClHgO2. The molecule has 0 heterocycles. The van der Waals surface area contributed by atoms with Crippen molar-refractivity contribution in [3.63, 3.8) is 0 Å². The van der Waals surface area contributed by atoms with Gasteiger partial charge in [0.05, 0.1) is 0 Å². The summed E-state index contributed by atoms with van der Waals surface area (Å²) in [7, 11) is 7.60. The molecule has 68 valence electrons. The summed E-state index contributed by atoms with van der Waals surface area (Å²) >= 11 is -1.12. The van der Waals surface area contributed by atoms with Crippen LogP contribution in [0.5, 0.6) is 0 Å². The normalized spacial score (nSPS) is 21.6. The summed E-state index contributed by atoms with van der Waals surface area (Å²) in [5, 5.41) is 9.13. The van der Waals surface area contributed by atoms with E-state index in [-0.39, 0.29) is 12.7 Å². The van der Waals surface area contributed by atoms with E-state index in [1.807, 2.05) is 0 Å². The van der Waals surface area contributed by atoms with Crippen molar-refractivity contribution in [2.24, 2.45) is 11.8 Å². The summed E-state index contributed by atoms with van der Waals surface area (Å²) < 4.78 is 6.47. The summed E-state index contributed by atoms with van der Waals surface area (Å²) in [6.07, 6.45) is 2.83. The molecule has 1 saturated carbocycles. The number of methoxy groups -OCH3 is 1. The molecule has 12 heavy (non-hydrogen) atoms. The zero-order valence-corrected chi connectivity index (χ0v) is 13.8. The molecule has 4 heteroatoms. The van der Waals surface area contributed by atoms with Crippen molar-refractivity contribution < 1.29 is 33.2 Å². The van der Waals surface area contributed by atoms with Gasteiger partial charge in [0.15, 0.2) is 0 Å². The Labute approximate surface area is 89.5 Å². The molecule has 2 atom stereocenters. The van der Waals surface area contributed by atoms with Gasteiger partial charge in [-0.25, -0.2) is 0 Å². The molecule has 0 aromatic heterocycles. The number of aliphatic hydroxyl groups is 1. The van der Waals surface area contributed by atoms with Crippen LogP contribution in [0.15, 0.2) is 0 Å². The number of ether oxygens (including phenoxy) is 1. The van der Waals surface area contributed by atoms with Crippen LogP contribution in [0, 0.1) is 11.8 Å². The molecule has 0 saturated heterocycles. The quantitative estimate of drug-likeness (QED) is 0.712. The van der Waals surface area contributed by atoms with Crippen molar-refractivity contribution in [1.82, 2.24) is 0 Å². The minimum absolute atomic E-state index is 0.252. The fourth-order valence-corrected chi connectivity index (χ4v) is 7.23. The fraction of sp³-hybridized carbons (Fsp3) is 1.00. The average Bonchev–Trinajstić information content (AvgIpc) is 2.88. The van der Waals surface area contributed by atoms with Crippen LogP contribution in [0.4, 0.5) is 0 Å². The standard InChI is InChI=1S/C8H15O2.ClH.Hg/c1-6(5-9)8(10-2)7-3-4-7;;/h6-9H,1,3-5H2,2H3;1H;/q;;+1/p-1/t6-,8?;;/m0../s1. The topological polar surface area (TPSA) is 29.5 Å². The first kappa shape index (κ1) is 11.2. The molecule has 1 aliphatic carbocycles. The molecule has 0 radical (unpaired) electrons. The molecule has 0 aromatic rings. The van der Waals surface area contributed by atoms with E-state index in [9.17, 15) is 0 Å². The van der Waals surface area contributed by atoms with E-state index < -0.39 is 23.3 Å². The van der Waals surface area contributed by atoms with E-state index in [0.29, 0.717) is 11.8 Å². The number of hydrogen-bond acceptors (Lipinski definition) is 2. The van der Waals surface area contributed by atoms with Gasteiger partial charge in [-0.05, 0) is 0 Å². The first-order chi connectivity index (χ1) is 5.83. The van der Waals surface area contributed by atoms with E-state index in [1.54, 1.807) is 7.11 Å². The van der Waals surface area contributed by atoms with Crippen molar-refractivity contribution >= 4 is 8.25 Å². The average molecular weight is 379 g/mol. The first-order valence-electron chi connectivity index (χ1n) is 4.53. The molecule has 0 spiro atoms. The van der Waals surface area contributed by atoms with Gasteiger partial charge in [0.1, 0.15) is 0 Å². The van der Waals surface area contributed by atoms with E-state index >= 15 is 0 Å². The molecule has 0 amide bonds. The van der Waals surface area contributed by atoms with E-state index in [4.69, 9.17) is 18.1 Å². The zero-order chi connectivity index (χ0) is 8.97. The maximum atomic E-state index is 9.13. The van der Waals surface area contributed by atoms with Crippen LogP contribution in [0.3, 0.4) is 0 Å². The van der Waals surface area contributed by atoms with Crippen molar-refractivity contribution in [3.05, 3.63) is 0 Å². The Bertz CT molecular complexity index is 130. The number of hydrogen-bond donors (Lipinski definition) is 1. The molecule has 0 bridgehead atoms. The van der Waals surface area contributed by atoms with Gasteiger partial charge in [0, 0.05) is 0 Å². The number of aliphatic hydroxyl groups excluding tert-OH is 1. The Morgan fingerprint density at radius 1 is 1.67 bits per heavy atom. The van der Waals surface area contributed by atoms with Gasteiger partial charge in [-0.1, -0.05) is 0 Å². The van der Waals surface area contributed by atoms with Crippen LogP contribution in [0.2, 0.25) is 3.93 Å². The molecule has 1 unspecified atom stereocenters. The van der Waals surface area contributed by atoms with Gasteiger partial charge in [-0.15, -0.1) is 0 Å². The van der Waals surface area contributed by atoms with Gasteiger partial charge in [0.25, 0.3) is 0 Å². The van der Waals surface area contributed by atoms with E-state index in [2.05, 4.69) is 0 Å². The second-order valence-electron chi connectivity index (χ2n) is 3.46. The van der Waals surface area contributed by atoms with Crippen LogP contribution in [-0.4, -0.2) is 24.9 Å². The summed E-state index contributed by atoms with van der Waals surface area (Å²) in [6.45, 7) is 0.252. The summed E-state index contributed by atoms with van der Waals surface area (Å²) in [6, 6.07) is 0. The molecule has 2 nitrogen and oxygen atoms in total. The van der Waals surface area contributed by atoms with Gasteiger partial charge in [-0.3, -0.25) is 0 Å². The van der Waals surface area contributed by atoms with Gasteiger partial charge in [0.2, 0.25) is 0 Å². The Kier molecular flexibility index (Phi) is 5.41. The number of halogens is 1. The Morgan fingerprint density at radius 2 is 2.33 bits per heavy atom. The predicted molar refractivity (Wildman–Crippen MR) is 44.8 cm³/mol. The second kappa shape index (κ2) is 5.79. The third kappa shape index (κ3) is 3.13. The van der Waals surface area contributed by atoms with Crippen LogP contribution >= 0.6 is 8.25 Å². The van der Waals surface area contributed by atoms with Crippen LogP contribution in [0.1, 0.15) is 12.8 Å². The second-order valence-corrected chi connectivity index (χ2v) is 10.5. The summed E-state index contributed by atoms with van der Waals surface area (Å²) in [4.78, 5) is 0. The first-order valence-corrected chi connectivity index (χ1v) is 15.2. The molecule has 0 aliphatic heterocycles. The van der Waals surface area contributed by atoms with Crippen LogP contribution < -0.4 is 0 Å². The Balaban J connectivity index is 2.36. The van der Waals surface area contributed by atoms with Crippen molar-refractivity contribution in [2.45, 2.75) is 22.9 Å². The molecular weight excluding hydrogens is 364 g/mol. The molecule has 1 fully saturated rings. The fourth-order valence-electron chi connectivity index (χ4n) is 1.69. The number of rotatable bonds is 6. The van der Waals surface area contributed by atoms with Crippen molar-refractivity contribution in [1.29, 1.82) is 0 Å². The third-order valence-corrected chi connectivity index (χ3v) is 8.18. The summed E-state index contributed by atoms with van der Waals surface area (Å²) in [5.74, 6) is 1.05. The van der Waals surface area contributed by atoms with Gasteiger partial charge >= 0.3 is 89.9 Å². The molecule has 1 rings (SSSR count). The summed E-state index contributed by atoms with van der Waals surface area (Å²) in [5.41, 5.74) is 0. The third-order valence-electron chi connectivity index (χ3n) is 2.54. The van der Waals surface area contributed by atoms with Gasteiger partial charge in [-0.2, -0.15) is 0 Å². The van der Waals surface area contributed by atoms with Crippen LogP contribution in [0.25, 0.3) is 0 Å². The van der Waals surface area contributed by atoms with Crippen molar-refractivity contribution in [2.75, 3.05) is 13.7 Å². The molecule has 0 aromatic carbocycles. The Hall–Kier alpha value is 1.15. The monoisotopic (exact) mass is 380 g/mol. The van der Waals surface area contributed by atoms with Crippen LogP contribution in [-0.2, 0) is 28.1 Å². The van der Waals surface area contributed by atoms with Gasteiger partial charge < -0.3 is 0 Å². The van der Waals surface area contributed by atoms with E-state index in [1.165, 1.54) is 12.8 Å². The minimum atomic E-state index is -1.12. The predicted octanol–water partition coefficient (Wildman–Crippen LogP) is 1.67. The molecule has 1 N–H and O–H groups in total. The zero-order valence-electron chi connectivity index (χ0n) is 7.50. The Morgan fingerprint density at radius 3 is 2.67 bits per heavy atom. The van der Waals surface area contributed by atoms with Crippen molar-refractivity contribution in [3.8, 4) is 0 Å². The SMILES string of the molecule is COC(C1CC1)[C@H](CO)[CH2][Hg][Cl].